The van der Waals surface area contributed by atoms with Crippen molar-refractivity contribution in [2.75, 3.05) is 12.4 Å². The van der Waals surface area contributed by atoms with Crippen molar-refractivity contribution >= 4 is 40.9 Å². The molecule has 1 saturated carbocycles. The number of ether oxygens (including phenoxy) is 1. The molecule has 0 bridgehead atoms. The Kier molecular flexibility index (Phi) is 8.73. The maximum atomic E-state index is 14.7. The molecule has 5 nitrogen and oxygen atoms in total. The van der Waals surface area contributed by atoms with E-state index >= 15 is 0 Å². The molecular formula is C34H26ClF5N2O3S. The number of nitrogens with one attached hydrogen (secondary N) is 1. The van der Waals surface area contributed by atoms with Gasteiger partial charge in [0.1, 0.15) is 17.4 Å². The fourth-order valence-electron chi connectivity index (χ4n) is 5.60. The molecule has 0 saturated heterocycles. The summed E-state index contributed by atoms with van der Waals surface area (Å²) in [7, 11) is 1.53. The van der Waals surface area contributed by atoms with E-state index in [1.165, 1.54) is 42.0 Å². The number of benzene rings is 4. The molecule has 0 spiro atoms. The Morgan fingerprint density at radius 1 is 1.00 bits per heavy atom. The lowest BCUT2D eigenvalue weighted by Gasteiger charge is -2.28. The number of methoxy groups -OCH3 is 1. The van der Waals surface area contributed by atoms with Gasteiger partial charge >= 0.3 is 6.18 Å². The molecule has 1 N–H and O–H groups in total. The third-order valence-corrected chi connectivity index (χ3v) is 9.74. The molecular weight excluding hydrogens is 647 g/mol. The van der Waals surface area contributed by atoms with Crippen LogP contribution in [0.1, 0.15) is 68.3 Å². The van der Waals surface area contributed by atoms with Crippen LogP contribution in [0.25, 0.3) is 0 Å². The lowest BCUT2D eigenvalue weighted by atomic mass is 9.95. The van der Waals surface area contributed by atoms with Gasteiger partial charge in [0.05, 0.1) is 18.7 Å². The summed E-state index contributed by atoms with van der Waals surface area (Å²) in [4.78, 5) is 29.8. The molecule has 0 radical (unpaired) electrons. The second-order valence-electron chi connectivity index (χ2n) is 11.1. The maximum absolute atomic E-state index is 14.7. The number of nitrogens with zero attached hydrogens (tertiary/aromatic N) is 1. The summed E-state index contributed by atoms with van der Waals surface area (Å²) in [6, 6.07) is 14.7. The quantitative estimate of drug-likeness (QED) is 0.190. The van der Waals surface area contributed by atoms with E-state index < -0.39 is 46.8 Å². The third-order valence-electron chi connectivity index (χ3n) is 8.08. The number of carbonyl (C=O) groups is 2. The molecule has 238 valence electrons. The van der Waals surface area contributed by atoms with E-state index in [1.807, 2.05) is 0 Å². The molecule has 1 atom stereocenters. The number of hydrogen-bond donors (Lipinski definition) is 1. The maximum Gasteiger partial charge on any atom is 0.416 e. The van der Waals surface area contributed by atoms with Gasteiger partial charge < -0.3 is 15.0 Å². The zero-order valence-corrected chi connectivity index (χ0v) is 25.8. The number of anilines is 1. The highest BCUT2D eigenvalue weighted by Crippen LogP contribution is 2.48. The Labute approximate surface area is 270 Å². The number of halogens is 6. The third kappa shape index (κ3) is 6.43. The first-order chi connectivity index (χ1) is 21.9. The number of carbonyl (C=O) groups excluding carboxylic acids is 2. The minimum atomic E-state index is -4.88. The first-order valence-corrected chi connectivity index (χ1v) is 15.6. The zero-order valence-electron chi connectivity index (χ0n) is 24.3. The van der Waals surface area contributed by atoms with E-state index in [1.54, 1.807) is 36.4 Å². The highest BCUT2D eigenvalue weighted by molar-refractivity contribution is 8.00. The van der Waals surface area contributed by atoms with Gasteiger partial charge in [-0.05, 0) is 79.1 Å². The Bertz CT molecular complexity index is 1830. The van der Waals surface area contributed by atoms with Gasteiger partial charge in [-0.25, -0.2) is 8.78 Å². The molecule has 1 unspecified atom stereocenters. The largest absolute Gasteiger partial charge is 0.497 e. The number of rotatable bonds is 8. The van der Waals surface area contributed by atoms with Crippen LogP contribution in [0, 0.1) is 11.6 Å². The second-order valence-corrected chi connectivity index (χ2v) is 12.9. The summed E-state index contributed by atoms with van der Waals surface area (Å²) < 4.78 is 74.6. The molecule has 4 aromatic carbocycles. The summed E-state index contributed by atoms with van der Waals surface area (Å²) in [6.07, 6.45) is -1.90. The standard InChI is InChI=1S/C34H26ClF5N2O3S/c1-45-23-8-5-18(6-9-23)17-42-31(26-14-21(36)7-10-28(26)35)30-27(33(42)44)15-25(46-24-3-2-4-24)16-29(30)41-32(43)19-11-20(34(38,39)40)13-22(37)12-19/h5-16,24,31H,2-4,17H2,1H3,(H,41,43). The molecule has 1 fully saturated rings. The van der Waals surface area contributed by atoms with Crippen LogP contribution >= 0.6 is 23.4 Å². The molecule has 1 aliphatic heterocycles. The van der Waals surface area contributed by atoms with Crippen LogP contribution in [-0.2, 0) is 12.7 Å². The van der Waals surface area contributed by atoms with Crippen molar-refractivity contribution in [1.29, 1.82) is 0 Å². The molecule has 6 rings (SSSR count). The zero-order chi connectivity index (χ0) is 32.7. The van der Waals surface area contributed by atoms with Crippen LogP contribution in [0.3, 0.4) is 0 Å². The number of hydrogen-bond acceptors (Lipinski definition) is 4. The lowest BCUT2D eigenvalue weighted by molar-refractivity contribution is -0.137. The van der Waals surface area contributed by atoms with E-state index in [9.17, 15) is 31.5 Å². The molecule has 2 aliphatic rings. The molecule has 1 heterocycles. The summed E-state index contributed by atoms with van der Waals surface area (Å²) in [5, 5.41) is 3.10. The van der Waals surface area contributed by atoms with E-state index in [0.29, 0.717) is 39.7 Å². The fraction of sp³-hybridized carbons (Fsp3) is 0.235. The van der Waals surface area contributed by atoms with Gasteiger partial charge in [-0.15, -0.1) is 11.8 Å². The van der Waals surface area contributed by atoms with Crippen molar-refractivity contribution in [1.82, 2.24) is 4.90 Å². The first kappa shape index (κ1) is 31.9. The summed E-state index contributed by atoms with van der Waals surface area (Å²) in [5.74, 6) is -2.65. The lowest BCUT2D eigenvalue weighted by Crippen LogP contribution is -2.28. The SMILES string of the molecule is COc1ccc(CN2C(=O)c3cc(SC4CCC4)cc(NC(=O)c4cc(F)cc(C(F)(F)F)c4)c3C2c2cc(F)ccc2Cl)cc1. The van der Waals surface area contributed by atoms with Gasteiger partial charge in [-0.1, -0.05) is 30.2 Å². The van der Waals surface area contributed by atoms with Crippen molar-refractivity contribution in [2.45, 2.75) is 48.2 Å². The normalized spacial score (nSPS) is 16.3. The van der Waals surface area contributed by atoms with Gasteiger partial charge in [0, 0.05) is 49.7 Å². The Morgan fingerprint density at radius 3 is 2.39 bits per heavy atom. The highest BCUT2D eigenvalue weighted by atomic mass is 35.5. The van der Waals surface area contributed by atoms with Crippen LogP contribution < -0.4 is 10.1 Å². The van der Waals surface area contributed by atoms with Gasteiger partial charge in [0.15, 0.2) is 0 Å². The second kappa shape index (κ2) is 12.6. The summed E-state index contributed by atoms with van der Waals surface area (Å²) >= 11 is 8.12. The minimum Gasteiger partial charge on any atom is -0.497 e. The highest BCUT2D eigenvalue weighted by Gasteiger charge is 2.42. The van der Waals surface area contributed by atoms with Gasteiger partial charge in [-0.2, -0.15) is 13.2 Å². The first-order valence-electron chi connectivity index (χ1n) is 14.3. The van der Waals surface area contributed by atoms with Crippen molar-refractivity contribution < 1.29 is 36.3 Å². The van der Waals surface area contributed by atoms with Crippen LogP contribution in [0.2, 0.25) is 5.02 Å². The molecule has 12 heteroatoms. The van der Waals surface area contributed by atoms with Crippen molar-refractivity contribution in [2.24, 2.45) is 0 Å². The van der Waals surface area contributed by atoms with Crippen molar-refractivity contribution in [3.05, 3.63) is 123 Å². The van der Waals surface area contributed by atoms with E-state index in [4.69, 9.17) is 16.3 Å². The Balaban J connectivity index is 1.48. The Morgan fingerprint density at radius 2 is 1.74 bits per heavy atom. The average Bonchev–Trinajstić information content (AvgIpc) is 3.26. The van der Waals surface area contributed by atoms with Gasteiger partial charge in [0.25, 0.3) is 11.8 Å². The number of alkyl halides is 3. The minimum absolute atomic E-state index is 0.0757. The molecule has 46 heavy (non-hydrogen) atoms. The molecule has 4 aromatic rings. The van der Waals surface area contributed by atoms with Gasteiger partial charge in [-0.3, -0.25) is 9.59 Å². The average molecular weight is 673 g/mol. The predicted octanol–water partition coefficient (Wildman–Crippen LogP) is 9.29. The van der Waals surface area contributed by atoms with Crippen LogP contribution in [0.4, 0.5) is 27.6 Å². The van der Waals surface area contributed by atoms with E-state index in [-0.39, 0.29) is 28.4 Å². The molecule has 1 aliphatic carbocycles. The van der Waals surface area contributed by atoms with Crippen molar-refractivity contribution in [3.63, 3.8) is 0 Å². The molecule has 2 amide bonds. The smallest absolute Gasteiger partial charge is 0.416 e. The number of amides is 2. The fourth-order valence-corrected chi connectivity index (χ4v) is 7.14. The van der Waals surface area contributed by atoms with Gasteiger partial charge in [0.2, 0.25) is 0 Å². The number of fused-ring (bicyclic) bond motifs is 1. The topological polar surface area (TPSA) is 58.6 Å². The monoisotopic (exact) mass is 672 g/mol. The van der Waals surface area contributed by atoms with E-state index in [0.717, 1.165) is 24.8 Å². The van der Waals surface area contributed by atoms with Crippen LogP contribution in [0.5, 0.6) is 5.75 Å². The van der Waals surface area contributed by atoms with Crippen LogP contribution in [0.15, 0.2) is 77.7 Å². The molecule has 0 aromatic heterocycles. The number of thioether (sulfide) groups is 1. The predicted molar refractivity (Wildman–Crippen MR) is 165 cm³/mol. The Hall–Kier alpha value is -4.09. The van der Waals surface area contributed by atoms with Crippen molar-refractivity contribution in [3.8, 4) is 5.75 Å². The van der Waals surface area contributed by atoms with E-state index in [2.05, 4.69) is 5.32 Å². The summed E-state index contributed by atoms with van der Waals surface area (Å²) in [6.45, 7) is 0.0757. The van der Waals surface area contributed by atoms with Crippen LogP contribution in [-0.4, -0.2) is 29.1 Å². The summed E-state index contributed by atoms with van der Waals surface area (Å²) in [5.41, 5.74) is -0.243.